The molecule has 20 heavy (non-hydrogen) atoms. The maximum Gasteiger partial charge on any atom is 0.209 e. The largest absolute Gasteiger partial charge is 0.302 e. The van der Waals surface area contributed by atoms with Crippen LogP contribution >= 0.6 is 11.8 Å². The lowest BCUT2D eigenvalue weighted by atomic mass is 10.2. The summed E-state index contributed by atoms with van der Waals surface area (Å²) in [5, 5.41) is 25.2. The second-order valence-corrected chi connectivity index (χ2v) is 6.18. The maximum absolute atomic E-state index is 9.07. The molecule has 1 N–H and O–H groups in total. The molecule has 0 saturated heterocycles. The molecule has 2 rings (SSSR count). The molecule has 1 saturated carbocycles. The van der Waals surface area contributed by atoms with Crippen molar-refractivity contribution in [2.45, 2.75) is 62.7 Å². The van der Waals surface area contributed by atoms with Crippen LogP contribution in [0.15, 0.2) is 5.16 Å². The fourth-order valence-electron chi connectivity index (χ4n) is 2.46. The molecule has 1 fully saturated rings. The Kier molecular flexibility index (Phi) is 6.27. The Bertz CT molecular complexity index is 434. The van der Waals surface area contributed by atoms with Crippen molar-refractivity contribution in [3.63, 3.8) is 0 Å². The van der Waals surface area contributed by atoms with E-state index in [4.69, 9.17) is 5.26 Å². The van der Waals surface area contributed by atoms with Crippen LogP contribution in [0.1, 0.15) is 51.5 Å². The van der Waals surface area contributed by atoms with Crippen molar-refractivity contribution in [1.82, 2.24) is 25.5 Å². The smallest absolute Gasteiger partial charge is 0.209 e. The van der Waals surface area contributed by atoms with Crippen molar-refractivity contribution in [2.24, 2.45) is 0 Å². The van der Waals surface area contributed by atoms with E-state index in [1.54, 1.807) is 11.8 Å². The zero-order valence-electron chi connectivity index (χ0n) is 12.0. The summed E-state index contributed by atoms with van der Waals surface area (Å²) >= 11 is 1.65. The number of nitriles is 1. The Morgan fingerprint density at radius 2 is 2.30 bits per heavy atom. The molecule has 1 unspecified atom stereocenters. The van der Waals surface area contributed by atoms with Gasteiger partial charge in [-0.3, -0.25) is 0 Å². The highest BCUT2D eigenvalue weighted by atomic mass is 32.2. The van der Waals surface area contributed by atoms with Crippen LogP contribution in [-0.4, -0.2) is 38.5 Å². The highest BCUT2D eigenvalue weighted by Crippen LogP contribution is 2.31. The molecule has 6 nitrogen and oxygen atoms in total. The van der Waals surface area contributed by atoms with E-state index in [2.05, 4.69) is 33.8 Å². The average Bonchev–Trinajstić information content (AvgIpc) is 3.12. The fraction of sp³-hybridized carbons (Fsp3) is 0.846. The third kappa shape index (κ3) is 4.18. The topological polar surface area (TPSA) is 79.4 Å². The van der Waals surface area contributed by atoms with Crippen LogP contribution in [-0.2, 0) is 0 Å². The lowest BCUT2D eigenvalue weighted by Gasteiger charge is -2.12. The predicted molar refractivity (Wildman–Crippen MR) is 78.4 cm³/mol. The van der Waals surface area contributed by atoms with Gasteiger partial charge in [0.2, 0.25) is 5.16 Å². The highest BCUT2D eigenvalue weighted by Gasteiger charge is 2.21. The molecule has 1 aromatic heterocycles. The first kappa shape index (κ1) is 15.3. The summed E-state index contributed by atoms with van der Waals surface area (Å²) in [6.07, 6.45) is 6.76. The molecule has 1 aliphatic carbocycles. The van der Waals surface area contributed by atoms with E-state index in [0.29, 0.717) is 6.04 Å². The molecule has 0 spiro atoms. The lowest BCUT2D eigenvalue weighted by molar-refractivity contribution is 0.423. The second kappa shape index (κ2) is 8.22. The second-order valence-electron chi connectivity index (χ2n) is 5.12. The summed E-state index contributed by atoms with van der Waals surface area (Å²) in [5.41, 5.74) is 0. The number of hydrogen-bond donors (Lipinski definition) is 1. The van der Waals surface area contributed by atoms with Crippen LogP contribution in [0.2, 0.25) is 0 Å². The first-order valence-electron chi connectivity index (χ1n) is 7.38. The quantitative estimate of drug-likeness (QED) is 0.740. The first-order chi connectivity index (χ1) is 9.85. The van der Waals surface area contributed by atoms with Gasteiger partial charge < -0.3 is 5.32 Å². The van der Waals surface area contributed by atoms with Gasteiger partial charge in [-0.15, -0.1) is 5.10 Å². The number of aromatic nitrogens is 4. The minimum absolute atomic E-state index is 0.0711. The molecule has 0 amide bonds. The molecule has 0 aromatic carbocycles. The van der Waals surface area contributed by atoms with Crippen LogP contribution in [0.3, 0.4) is 0 Å². The average molecular weight is 294 g/mol. The number of nitrogens with zero attached hydrogens (tertiary/aromatic N) is 5. The number of thioether (sulfide) groups is 1. The van der Waals surface area contributed by atoms with Crippen LogP contribution in [0.25, 0.3) is 0 Å². The molecule has 1 aromatic rings. The summed E-state index contributed by atoms with van der Waals surface area (Å²) in [6, 6.07) is 2.70. The van der Waals surface area contributed by atoms with E-state index in [0.717, 1.165) is 30.3 Å². The number of nitrogens with one attached hydrogen (secondary N) is 1. The van der Waals surface area contributed by atoms with Crippen molar-refractivity contribution in [3.05, 3.63) is 0 Å². The normalized spacial score (nSPS) is 17.2. The first-order valence-corrected chi connectivity index (χ1v) is 8.37. The monoisotopic (exact) mass is 294 g/mol. The van der Waals surface area contributed by atoms with Crippen molar-refractivity contribution in [3.8, 4) is 6.07 Å². The van der Waals surface area contributed by atoms with E-state index in [-0.39, 0.29) is 6.04 Å². The van der Waals surface area contributed by atoms with Crippen LogP contribution in [0, 0.1) is 11.3 Å². The number of rotatable bonds is 8. The van der Waals surface area contributed by atoms with Gasteiger partial charge in [0.05, 0.1) is 18.2 Å². The van der Waals surface area contributed by atoms with Gasteiger partial charge in [0.25, 0.3) is 0 Å². The number of hydrogen-bond acceptors (Lipinski definition) is 6. The predicted octanol–water partition coefficient (Wildman–Crippen LogP) is 2.16. The summed E-state index contributed by atoms with van der Waals surface area (Å²) in [7, 11) is 0. The molecule has 1 heterocycles. The van der Waals surface area contributed by atoms with E-state index in [1.807, 2.05) is 4.68 Å². The van der Waals surface area contributed by atoms with Gasteiger partial charge in [-0.25, -0.2) is 4.68 Å². The van der Waals surface area contributed by atoms with Gasteiger partial charge in [-0.05, 0) is 42.7 Å². The Labute approximate surface area is 124 Å². The van der Waals surface area contributed by atoms with Crippen molar-refractivity contribution < 1.29 is 0 Å². The molecule has 7 heteroatoms. The Morgan fingerprint density at radius 1 is 1.50 bits per heavy atom. The summed E-state index contributed by atoms with van der Waals surface area (Å²) in [5.74, 6) is 0.863. The Hall–Kier alpha value is -1.13. The fourth-order valence-corrected chi connectivity index (χ4v) is 3.41. The Morgan fingerprint density at radius 3 is 3.00 bits per heavy atom. The van der Waals surface area contributed by atoms with Gasteiger partial charge in [-0.1, -0.05) is 31.5 Å². The summed E-state index contributed by atoms with van der Waals surface area (Å²) < 4.78 is 1.97. The minimum atomic E-state index is -0.0711. The highest BCUT2D eigenvalue weighted by molar-refractivity contribution is 7.99. The molecule has 0 bridgehead atoms. The van der Waals surface area contributed by atoms with Gasteiger partial charge >= 0.3 is 0 Å². The van der Waals surface area contributed by atoms with Gasteiger partial charge in [0.15, 0.2) is 0 Å². The minimum Gasteiger partial charge on any atom is -0.302 e. The zero-order valence-corrected chi connectivity index (χ0v) is 12.8. The van der Waals surface area contributed by atoms with Crippen LogP contribution < -0.4 is 5.32 Å². The van der Waals surface area contributed by atoms with Gasteiger partial charge in [0.1, 0.15) is 0 Å². The third-order valence-corrected chi connectivity index (χ3v) is 4.53. The van der Waals surface area contributed by atoms with Crippen molar-refractivity contribution in [2.75, 3.05) is 12.3 Å². The van der Waals surface area contributed by atoms with E-state index < -0.39 is 0 Å². The lowest BCUT2D eigenvalue weighted by Crippen LogP contribution is -2.28. The van der Waals surface area contributed by atoms with Gasteiger partial charge in [-0.2, -0.15) is 5.26 Å². The van der Waals surface area contributed by atoms with Crippen LogP contribution in [0.5, 0.6) is 0 Å². The molecule has 1 aliphatic rings. The molecule has 1 atom stereocenters. The van der Waals surface area contributed by atoms with Crippen LogP contribution in [0.4, 0.5) is 0 Å². The molecule has 110 valence electrons. The summed E-state index contributed by atoms with van der Waals surface area (Å²) in [4.78, 5) is 0. The summed E-state index contributed by atoms with van der Waals surface area (Å²) in [6.45, 7) is 2.99. The standard InChI is InChI=1S/C13H22N6S/c1-2-8-15-11(10-14)7-9-20-13-16-17-18-19(13)12-5-3-4-6-12/h11-12,15H,2-9H2,1H3. The molecule has 0 radical (unpaired) electrons. The zero-order chi connectivity index (χ0) is 14.2. The van der Waals surface area contributed by atoms with Crippen molar-refractivity contribution in [1.29, 1.82) is 5.26 Å². The SMILES string of the molecule is CCCNC(C#N)CCSc1nnnn1C1CCCC1. The molecular formula is C13H22N6S. The third-order valence-electron chi connectivity index (χ3n) is 3.57. The van der Waals surface area contributed by atoms with E-state index in [1.165, 1.54) is 25.7 Å². The molecular weight excluding hydrogens is 272 g/mol. The van der Waals surface area contributed by atoms with E-state index >= 15 is 0 Å². The Balaban J connectivity index is 1.79. The number of tetrazole rings is 1. The van der Waals surface area contributed by atoms with Gasteiger partial charge in [0, 0.05) is 5.75 Å². The van der Waals surface area contributed by atoms with Crippen molar-refractivity contribution >= 4 is 11.8 Å². The van der Waals surface area contributed by atoms with E-state index in [9.17, 15) is 0 Å². The maximum atomic E-state index is 9.07. The molecule has 0 aliphatic heterocycles.